The fourth-order valence-corrected chi connectivity index (χ4v) is 5.18. The van der Waals surface area contributed by atoms with Crippen LogP contribution in [0.3, 0.4) is 0 Å². The molecule has 2 aliphatic carbocycles. The number of rotatable bonds is 7. The molecule has 3 rings (SSSR count). The lowest BCUT2D eigenvalue weighted by Crippen LogP contribution is -2.30. The van der Waals surface area contributed by atoms with Crippen molar-refractivity contribution in [1.82, 2.24) is 0 Å². The molecule has 0 aromatic heterocycles. The maximum Gasteiger partial charge on any atom is 0.126 e. The second-order valence-electron chi connectivity index (χ2n) is 8.25. The Morgan fingerprint density at radius 2 is 1.72 bits per heavy atom. The molecule has 25 heavy (non-hydrogen) atoms. The Morgan fingerprint density at radius 3 is 2.48 bits per heavy atom. The molecule has 2 fully saturated rings. The molecule has 0 heterocycles. The van der Waals surface area contributed by atoms with Crippen LogP contribution in [-0.4, -0.2) is 0 Å². The number of fused-ring (bicyclic) bond motifs is 1. The second-order valence-corrected chi connectivity index (χ2v) is 8.25. The number of allylic oxidation sites excluding steroid dienone is 2. The van der Waals surface area contributed by atoms with E-state index in [1.165, 1.54) is 56.9 Å². The van der Waals surface area contributed by atoms with Gasteiger partial charge in [0, 0.05) is 0 Å². The van der Waals surface area contributed by atoms with Gasteiger partial charge in [-0.05, 0) is 98.7 Å². The number of benzene rings is 1. The fraction of sp³-hybridized carbons (Fsp3) is 0.583. The Hall–Kier alpha value is -1.37. The molecule has 2 saturated carbocycles. The fourth-order valence-electron chi connectivity index (χ4n) is 5.18. The summed E-state index contributed by atoms with van der Waals surface area (Å²) in [6.07, 6.45) is 16.0. The molecular formula is C24H33F. The van der Waals surface area contributed by atoms with E-state index in [-0.39, 0.29) is 5.82 Å². The first-order valence-electron chi connectivity index (χ1n) is 10.2. The molecule has 1 unspecified atom stereocenters. The molecule has 0 spiro atoms. The van der Waals surface area contributed by atoms with Crippen molar-refractivity contribution in [1.29, 1.82) is 0 Å². The minimum absolute atomic E-state index is 0.0189. The topological polar surface area (TPSA) is 0 Å². The predicted octanol–water partition coefficient (Wildman–Crippen LogP) is 7.21. The van der Waals surface area contributed by atoms with Crippen LogP contribution in [0.15, 0.2) is 43.5 Å². The van der Waals surface area contributed by atoms with E-state index in [2.05, 4.69) is 25.3 Å². The van der Waals surface area contributed by atoms with Crippen LogP contribution < -0.4 is 0 Å². The lowest BCUT2D eigenvalue weighted by atomic mass is 9.63. The Balaban J connectivity index is 1.59. The van der Waals surface area contributed by atoms with Crippen molar-refractivity contribution < 1.29 is 4.39 Å². The van der Waals surface area contributed by atoms with E-state index in [4.69, 9.17) is 0 Å². The molecule has 136 valence electrons. The lowest BCUT2D eigenvalue weighted by molar-refractivity contribution is 0.115. The van der Waals surface area contributed by atoms with Crippen molar-refractivity contribution >= 4 is 0 Å². The Morgan fingerprint density at radius 1 is 0.960 bits per heavy atom. The zero-order valence-corrected chi connectivity index (χ0v) is 15.6. The Labute approximate surface area is 153 Å². The van der Waals surface area contributed by atoms with Gasteiger partial charge in [0.2, 0.25) is 0 Å². The highest BCUT2D eigenvalue weighted by molar-refractivity contribution is 5.28. The maximum atomic E-state index is 14.4. The summed E-state index contributed by atoms with van der Waals surface area (Å²) < 4.78 is 14.4. The minimum atomic E-state index is -0.0189. The molecule has 0 aliphatic heterocycles. The number of halogens is 1. The molecule has 4 atom stereocenters. The van der Waals surface area contributed by atoms with E-state index in [0.717, 1.165) is 36.2 Å². The molecule has 1 aromatic carbocycles. The van der Waals surface area contributed by atoms with Gasteiger partial charge in [-0.1, -0.05) is 30.7 Å². The first-order valence-corrected chi connectivity index (χ1v) is 10.2. The summed E-state index contributed by atoms with van der Waals surface area (Å²) in [7, 11) is 0. The highest BCUT2D eigenvalue weighted by Gasteiger charge is 2.35. The van der Waals surface area contributed by atoms with E-state index in [1.54, 1.807) is 0 Å². The van der Waals surface area contributed by atoms with Gasteiger partial charge >= 0.3 is 0 Å². The van der Waals surface area contributed by atoms with E-state index in [1.807, 2.05) is 18.2 Å². The van der Waals surface area contributed by atoms with Gasteiger partial charge in [0.1, 0.15) is 5.82 Å². The van der Waals surface area contributed by atoms with Gasteiger partial charge in [-0.3, -0.25) is 0 Å². The lowest BCUT2D eigenvalue weighted by Gasteiger charge is -2.42. The van der Waals surface area contributed by atoms with Gasteiger partial charge < -0.3 is 0 Å². The SMILES string of the molecule is C=CCCc1ccc(C2CC[C@@H]3C[C@H](CCC=C)CC[C@@H]3C2)cc1F. The van der Waals surface area contributed by atoms with E-state index in [9.17, 15) is 4.39 Å². The summed E-state index contributed by atoms with van der Waals surface area (Å²) in [4.78, 5) is 0. The van der Waals surface area contributed by atoms with Crippen molar-refractivity contribution in [2.75, 3.05) is 0 Å². The first kappa shape index (κ1) is 18.4. The quantitative estimate of drug-likeness (QED) is 0.460. The maximum absolute atomic E-state index is 14.4. The average Bonchev–Trinajstić information content (AvgIpc) is 2.64. The van der Waals surface area contributed by atoms with Crippen molar-refractivity contribution in [2.45, 2.75) is 70.1 Å². The predicted molar refractivity (Wildman–Crippen MR) is 105 cm³/mol. The van der Waals surface area contributed by atoms with Crippen LogP contribution in [0.4, 0.5) is 4.39 Å². The van der Waals surface area contributed by atoms with Crippen LogP contribution >= 0.6 is 0 Å². The summed E-state index contributed by atoms with van der Waals surface area (Å²) in [5.74, 6) is 3.24. The summed E-state index contributed by atoms with van der Waals surface area (Å²) >= 11 is 0. The molecule has 0 amide bonds. The van der Waals surface area contributed by atoms with Crippen molar-refractivity contribution in [3.05, 3.63) is 60.5 Å². The number of hydrogen-bond acceptors (Lipinski definition) is 0. The molecular weight excluding hydrogens is 307 g/mol. The van der Waals surface area contributed by atoms with Gasteiger partial charge in [0.05, 0.1) is 0 Å². The van der Waals surface area contributed by atoms with Gasteiger partial charge in [-0.15, -0.1) is 13.2 Å². The molecule has 0 saturated heterocycles. The molecule has 0 radical (unpaired) electrons. The molecule has 2 aliphatic rings. The average molecular weight is 341 g/mol. The second kappa shape index (κ2) is 8.83. The third kappa shape index (κ3) is 4.63. The summed E-state index contributed by atoms with van der Waals surface area (Å²) in [6.45, 7) is 7.59. The number of aryl methyl sites for hydroxylation is 1. The zero-order valence-electron chi connectivity index (χ0n) is 15.6. The number of hydrogen-bond donors (Lipinski definition) is 0. The van der Waals surface area contributed by atoms with Crippen LogP contribution in [0.1, 0.15) is 74.8 Å². The third-order valence-electron chi connectivity index (χ3n) is 6.67. The van der Waals surface area contributed by atoms with Crippen molar-refractivity contribution in [2.24, 2.45) is 17.8 Å². The zero-order chi connectivity index (χ0) is 17.6. The smallest absolute Gasteiger partial charge is 0.126 e. The first-order chi connectivity index (χ1) is 12.2. The van der Waals surface area contributed by atoms with E-state index in [0.29, 0.717) is 5.92 Å². The summed E-state index contributed by atoms with van der Waals surface area (Å²) in [5, 5.41) is 0. The highest BCUT2D eigenvalue weighted by atomic mass is 19.1. The third-order valence-corrected chi connectivity index (χ3v) is 6.67. The van der Waals surface area contributed by atoms with E-state index >= 15 is 0 Å². The summed E-state index contributed by atoms with van der Waals surface area (Å²) in [5.41, 5.74) is 2.06. The highest BCUT2D eigenvalue weighted by Crippen LogP contribution is 2.48. The van der Waals surface area contributed by atoms with Gasteiger partial charge in [-0.25, -0.2) is 4.39 Å². The molecule has 1 aromatic rings. The standard InChI is InChI=1S/C24H33F/c1-3-5-7-18-9-10-21-16-22(14-13-20(21)15-18)23-12-11-19(8-6-4-2)24(25)17-23/h3-4,11-12,17-18,20-22H,1-2,5-10,13-16H2/t18-,20-,21-,22?/m1/s1. The Kier molecular flexibility index (Phi) is 6.51. The van der Waals surface area contributed by atoms with E-state index < -0.39 is 0 Å². The molecule has 0 nitrogen and oxygen atoms in total. The van der Waals surface area contributed by atoms with Gasteiger partial charge in [0.25, 0.3) is 0 Å². The van der Waals surface area contributed by atoms with Crippen LogP contribution in [0, 0.1) is 23.6 Å². The van der Waals surface area contributed by atoms with Crippen LogP contribution in [0.5, 0.6) is 0 Å². The van der Waals surface area contributed by atoms with Crippen LogP contribution in [0.25, 0.3) is 0 Å². The molecule has 0 bridgehead atoms. The largest absolute Gasteiger partial charge is 0.207 e. The van der Waals surface area contributed by atoms with Gasteiger partial charge in [0.15, 0.2) is 0 Å². The van der Waals surface area contributed by atoms with Crippen molar-refractivity contribution in [3.63, 3.8) is 0 Å². The summed E-state index contributed by atoms with van der Waals surface area (Å²) in [6, 6.07) is 6.01. The van der Waals surface area contributed by atoms with Gasteiger partial charge in [-0.2, -0.15) is 0 Å². The molecule has 1 heteroatoms. The monoisotopic (exact) mass is 340 g/mol. The van der Waals surface area contributed by atoms with Crippen molar-refractivity contribution in [3.8, 4) is 0 Å². The Bertz CT molecular complexity index is 588. The van der Waals surface area contributed by atoms with Crippen LogP contribution in [-0.2, 0) is 6.42 Å². The normalized spacial score (nSPS) is 29.0. The molecule has 0 N–H and O–H groups in total. The minimum Gasteiger partial charge on any atom is -0.207 e. The van der Waals surface area contributed by atoms with Crippen LogP contribution in [0.2, 0.25) is 0 Å².